The maximum atomic E-state index is 9.98. The lowest BCUT2D eigenvalue weighted by Gasteiger charge is -2.24. The molecule has 0 saturated heterocycles. The lowest BCUT2D eigenvalue weighted by molar-refractivity contribution is 0.0785. The number of halogens is 1. The summed E-state index contributed by atoms with van der Waals surface area (Å²) in [5, 5.41) is 10.6. The molecule has 0 amide bonds. The predicted molar refractivity (Wildman–Crippen MR) is 65.4 cm³/mol. The molecule has 84 valence electrons. The van der Waals surface area contributed by atoms with Crippen LogP contribution in [0.2, 0.25) is 5.02 Å². The third-order valence-electron chi connectivity index (χ3n) is 2.49. The van der Waals surface area contributed by atoms with Crippen LogP contribution in [0.4, 0.5) is 0 Å². The van der Waals surface area contributed by atoms with E-state index >= 15 is 0 Å². The first kappa shape index (κ1) is 12.5. The Morgan fingerprint density at radius 3 is 2.00 bits per heavy atom. The Balaban J connectivity index is 3.30. The predicted octanol–water partition coefficient (Wildman–Crippen LogP) is 3.86. The van der Waals surface area contributed by atoms with Crippen LogP contribution in [0.5, 0.6) is 0 Å². The van der Waals surface area contributed by atoms with Gasteiger partial charge in [-0.1, -0.05) is 44.5 Å². The van der Waals surface area contributed by atoms with E-state index in [1.807, 2.05) is 18.2 Å². The fourth-order valence-corrected chi connectivity index (χ4v) is 1.81. The van der Waals surface area contributed by atoms with Crippen molar-refractivity contribution in [1.82, 2.24) is 0 Å². The van der Waals surface area contributed by atoms with Gasteiger partial charge in [0.15, 0.2) is 0 Å². The molecular weight excluding hydrogens is 208 g/mol. The van der Waals surface area contributed by atoms with Crippen LogP contribution >= 0.6 is 11.6 Å². The SMILES string of the molecule is CC(C)(C)c1ccc(Cl)c(C(C)(C)O)c1. The van der Waals surface area contributed by atoms with E-state index in [2.05, 4.69) is 20.8 Å². The average Bonchev–Trinajstić information content (AvgIpc) is 2.00. The minimum absolute atomic E-state index is 0.0740. The van der Waals surface area contributed by atoms with E-state index in [1.54, 1.807) is 13.8 Å². The van der Waals surface area contributed by atoms with Crippen molar-refractivity contribution in [3.63, 3.8) is 0 Å². The molecule has 1 rings (SSSR count). The van der Waals surface area contributed by atoms with Crippen molar-refractivity contribution in [3.05, 3.63) is 34.3 Å². The van der Waals surface area contributed by atoms with Crippen molar-refractivity contribution in [1.29, 1.82) is 0 Å². The van der Waals surface area contributed by atoms with Gasteiger partial charge in [0.1, 0.15) is 0 Å². The van der Waals surface area contributed by atoms with Crippen LogP contribution in [0.3, 0.4) is 0 Å². The largest absolute Gasteiger partial charge is 0.386 e. The summed E-state index contributed by atoms with van der Waals surface area (Å²) in [6, 6.07) is 5.86. The summed E-state index contributed by atoms with van der Waals surface area (Å²) in [6.07, 6.45) is 0. The molecule has 0 unspecified atom stereocenters. The number of aliphatic hydroxyl groups is 1. The molecular formula is C13H19ClO. The second kappa shape index (κ2) is 3.80. The summed E-state index contributed by atoms with van der Waals surface area (Å²) in [5.41, 5.74) is 1.16. The van der Waals surface area contributed by atoms with E-state index in [1.165, 1.54) is 5.56 Å². The molecule has 0 atom stereocenters. The minimum Gasteiger partial charge on any atom is -0.386 e. The monoisotopic (exact) mass is 226 g/mol. The third kappa shape index (κ3) is 2.96. The van der Waals surface area contributed by atoms with E-state index < -0.39 is 5.60 Å². The molecule has 0 bridgehead atoms. The number of hydrogen-bond acceptors (Lipinski definition) is 1. The van der Waals surface area contributed by atoms with Gasteiger partial charge in [0.2, 0.25) is 0 Å². The molecule has 0 aliphatic carbocycles. The van der Waals surface area contributed by atoms with Gasteiger partial charge >= 0.3 is 0 Å². The number of rotatable bonds is 1. The van der Waals surface area contributed by atoms with E-state index in [0.29, 0.717) is 5.02 Å². The van der Waals surface area contributed by atoms with Crippen molar-refractivity contribution in [2.75, 3.05) is 0 Å². The minimum atomic E-state index is -0.891. The van der Waals surface area contributed by atoms with Crippen LogP contribution in [-0.2, 0) is 11.0 Å². The third-order valence-corrected chi connectivity index (χ3v) is 2.82. The zero-order chi connectivity index (χ0) is 11.9. The Morgan fingerprint density at radius 1 is 1.07 bits per heavy atom. The Hall–Kier alpha value is -0.530. The highest BCUT2D eigenvalue weighted by atomic mass is 35.5. The van der Waals surface area contributed by atoms with Gasteiger partial charge in [0.25, 0.3) is 0 Å². The molecule has 2 heteroatoms. The van der Waals surface area contributed by atoms with Gasteiger partial charge in [0, 0.05) is 10.6 Å². The summed E-state index contributed by atoms with van der Waals surface area (Å²) in [5.74, 6) is 0. The number of hydrogen-bond donors (Lipinski definition) is 1. The molecule has 0 radical (unpaired) electrons. The highest BCUT2D eigenvalue weighted by Gasteiger charge is 2.22. The molecule has 1 aromatic carbocycles. The normalized spacial score (nSPS) is 13.0. The Morgan fingerprint density at radius 2 is 1.60 bits per heavy atom. The van der Waals surface area contributed by atoms with Crippen molar-refractivity contribution in [3.8, 4) is 0 Å². The summed E-state index contributed by atoms with van der Waals surface area (Å²) in [6.45, 7) is 9.93. The van der Waals surface area contributed by atoms with E-state index in [4.69, 9.17) is 11.6 Å². The van der Waals surface area contributed by atoms with Crippen LogP contribution in [0.1, 0.15) is 45.7 Å². The van der Waals surface area contributed by atoms with Crippen LogP contribution < -0.4 is 0 Å². The molecule has 15 heavy (non-hydrogen) atoms. The summed E-state index contributed by atoms with van der Waals surface area (Å²) in [7, 11) is 0. The Bertz CT molecular complexity index is 356. The highest BCUT2D eigenvalue weighted by molar-refractivity contribution is 6.31. The summed E-state index contributed by atoms with van der Waals surface area (Å²) >= 11 is 6.07. The molecule has 0 fully saturated rings. The standard InChI is InChI=1S/C13H19ClO/c1-12(2,3)9-6-7-11(14)10(8-9)13(4,5)15/h6-8,15H,1-5H3. The molecule has 0 saturated carbocycles. The first-order chi connectivity index (χ1) is 6.62. The van der Waals surface area contributed by atoms with Crippen molar-refractivity contribution < 1.29 is 5.11 Å². The number of benzene rings is 1. The second-order valence-electron chi connectivity index (χ2n) is 5.50. The molecule has 0 heterocycles. The topological polar surface area (TPSA) is 20.2 Å². The van der Waals surface area contributed by atoms with Crippen LogP contribution in [0, 0.1) is 0 Å². The van der Waals surface area contributed by atoms with Gasteiger partial charge in [-0.3, -0.25) is 0 Å². The van der Waals surface area contributed by atoms with E-state index in [-0.39, 0.29) is 5.41 Å². The lowest BCUT2D eigenvalue weighted by Crippen LogP contribution is -2.19. The molecule has 0 aliphatic heterocycles. The van der Waals surface area contributed by atoms with Gasteiger partial charge in [0.05, 0.1) is 5.60 Å². The van der Waals surface area contributed by atoms with E-state index in [0.717, 1.165) is 5.56 Å². The maximum absolute atomic E-state index is 9.98. The fourth-order valence-electron chi connectivity index (χ4n) is 1.46. The summed E-state index contributed by atoms with van der Waals surface area (Å²) in [4.78, 5) is 0. The van der Waals surface area contributed by atoms with Gasteiger partial charge < -0.3 is 5.11 Å². The first-order valence-electron chi connectivity index (χ1n) is 5.15. The zero-order valence-corrected chi connectivity index (χ0v) is 10.8. The Kier molecular flexibility index (Phi) is 3.18. The molecule has 0 aromatic heterocycles. The van der Waals surface area contributed by atoms with Crippen molar-refractivity contribution in [2.45, 2.75) is 45.6 Å². The second-order valence-corrected chi connectivity index (χ2v) is 5.91. The quantitative estimate of drug-likeness (QED) is 0.771. The fraction of sp³-hybridized carbons (Fsp3) is 0.538. The van der Waals surface area contributed by atoms with Crippen LogP contribution in [0.15, 0.2) is 18.2 Å². The smallest absolute Gasteiger partial charge is 0.0854 e. The van der Waals surface area contributed by atoms with Gasteiger partial charge in [-0.05, 0) is 30.9 Å². The first-order valence-corrected chi connectivity index (χ1v) is 5.53. The van der Waals surface area contributed by atoms with Crippen LogP contribution in [0.25, 0.3) is 0 Å². The maximum Gasteiger partial charge on any atom is 0.0854 e. The lowest BCUT2D eigenvalue weighted by atomic mass is 9.84. The van der Waals surface area contributed by atoms with Gasteiger partial charge in [-0.25, -0.2) is 0 Å². The zero-order valence-electron chi connectivity index (χ0n) is 10.1. The van der Waals surface area contributed by atoms with Gasteiger partial charge in [-0.2, -0.15) is 0 Å². The van der Waals surface area contributed by atoms with Crippen molar-refractivity contribution >= 4 is 11.6 Å². The molecule has 1 aromatic rings. The summed E-state index contributed by atoms with van der Waals surface area (Å²) < 4.78 is 0. The molecule has 1 N–H and O–H groups in total. The molecule has 1 nitrogen and oxygen atoms in total. The average molecular weight is 227 g/mol. The Labute approximate surface area is 97.1 Å². The van der Waals surface area contributed by atoms with Crippen LogP contribution in [-0.4, -0.2) is 5.11 Å². The van der Waals surface area contributed by atoms with E-state index in [9.17, 15) is 5.11 Å². The van der Waals surface area contributed by atoms with Crippen molar-refractivity contribution in [2.24, 2.45) is 0 Å². The molecule has 0 aliphatic rings. The highest BCUT2D eigenvalue weighted by Crippen LogP contribution is 2.32. The molecule has 0 spiro atoms. The van der Waals surface area contributed by atoms with Gasteiger partial charge in [-0.15, -0.1) is 0 Å².